The van der Waals surface area contributed by atoms with Crippen LogP contribution in [0.5, 0.6) is 0 Å². The van der Waals surface area contributed by atoms with Gasteiger partial charge in [0, 0.05) is 10.4 Å². The third-order valence-corrected chi connectivity index (χ3v) is 2.66. The van der Waals surface area contributed by atoms with E-state index in [-0.39, 0.29) is 0 Å². The van der Waals surface area contributed by atoms with Gasteiger partial charge in [-0.1, -0.05) is 17.7 Å². The van der Waals surface area contributed by atoms with Crippen molar-refractivity contribution in [1.82, 2.24) is 0 Å². The van der Waals surface area contributed by atoms with Crippen LogP contribution in [0.15, 0.2) is 22.7 Å². The molecule has 0 saturated heterocycles. The van der Waals surface area contributed by atoms with E-state index in [1.807, 2.05) is 18.2 Å². The lowest BCUT2D eigenvalue weighted by Crippen LogP contribution is -1.76. The second-order valence-corrected chi connectivity index (χ2v) is 3.41. The zero-order chi connectivity index (χ0) is 7.56. The average molecular weight is 240 g/mol. The van der Waals surface area contributed by atoms with Crippen LogP contribution in [-0.4, -0.2) is 0 Å². The predicted octanol–water partition coefficient (Wildman–Crippen LogP) is 3.84. The van der Waals surface area contributed by atoms with Crippen molar-refractivity contribution in [2.45, 2.75) is 5.88 Å². The fourth-order valence-corrected chi connectivity index (χ4v) is 1.33. The van der Waals surface area contributed by atoms with E-state index in [0.717, 1.165) is 10.0 Å². The van der Waals surface area contributed by atoms with Crippen LogP contribution in [0.1, 0.15) is 5.56 Å². The van der Waals surface area contributed by atoms with Crippen molar-refractivity contribution >= 4 is 39.1 Å². The summed E-state index contributed by atoms with van der Waals surface area (Å²) in [5.41, 5.74) is 1.07. The highest BCUT2D eigenvalue weighted by Gasteiger charge is 1.96. The Kier molecular flexibility index (Phi) is 3.02. The number of hydrogen-bond acceptors (Lipinski definition) is 0. The van der Waals surface area contributed by atoms with Gasteiger partial charge in [-0.15, -0.1) is 11.6 Å². The Morgan fingerprint density at radius 1 is 1.40 bits per heavy atom. The van der Waals surface area contributed by atoms with E-state index < -0.39 is 0 Å². The molecule has 1 aromatic rings. The van der Waals surface area contributed by atoms with E-state index in [1.165, 1.54) is 0 Å². The van der Waals surface area contributed by atoms with Gasteiger partial charge in [0.05, 0.1) is 5.02 Å². The normalized spacial score (nSPS) is 9.90. The molecule has 0 aliphatic carbocycles. The summed E-state index contributed by atoms with van der Waals surface area (Å²) in [5, 5.41) is 0.717. The molecule has 0 N–H and O–H groups in total. The molecule has 1 aromatic carbocycles. The van der Waals surface area contributed by atoms with E-state index >= 15 is 0 Å². The molecular formula is C7H5BrCl2. The molecule has 0 spiro atoms. The van der Waals surface area contributed by atoms with Gasteiger partial charge in [-0.3, -0.25) is 0 Å². The molecule has 54 valence electrons. The molecule has 0 radical (unpaired) electrons. The second kappa shape index (κ2) is 3.61. The number of hydrogen-bond donors (Lipinski definition) is 0. The minimum Gasteiger partial charge on any atom is -0.122 e. The van der Waals surface area contributed by atoms with Gasteiger partial charge in [-0.05, 0) is 33.6 Å². The maximum atomic E-state index is 5.75. The molecule has 0 aromatic heterocycles. The van der Waals surface area contributed by atoms with E-state index in [4.69, 9.17) is 23.2 Å². The fraction of sp³-hybridized carbons (Fsp3) is 0.143. The Morgan fingerprint density at radius 2 is 2.10 bits per heavy atom. The molecule has 0 fully saturated rings. The quantitative estimate of drug-likeness (QED) is 0.654. The van der Waals surface area contributed by atoms with E-state index in [9.17, 15) is 0 Å². The first-order valence-corrected chi connectivity index (χ1v) is 4.44. The van der Waals surface area contributed by atoms with Crippen LogP contribution in [0.25, 0.3) is 0 Å². The third-order valence-electron chi connectivity index (χ3n) is 1.14. The van der Waals surface area contributed by atoms with Crippen LogP contribution in [-0.2, 0) is 5.88 Å². The Balaban J connectivity index is 3.04. The third kappa shape index (κ3) is 1.88. The molecule has 0 bridgehead atoms. The van der Waals surface area contributed by atoms with Crippen molar-refractivity contribution < 1.29 is 0 Å². The number of rotatable bonds is 1. The Morgan fingerprint density at radius 3 is 2.60 bits per heavy atom. The number of halogens is 3. The van der Waals surface area contributed by atoms with Crippen molar-refractivity contribution in [3.63, 3.8) is 0 Å². The molecule has 0 saturated carbocycles. The highest BCUT2D eigenvalue weighted by molar-refractivity contribution is 9.10. The molecule has 0 nitrogen and oxygen atoms in total. The van der Waals surface area contributed by atoms with Gasteiger partial charge >= 0.3 is 0 Å². The van der Waals surface area contributed by atoms with Crippen molar-refractivity contribution in [3.8, 4) is 0 Å². The summed E-state index contributed by atoms with van der Waals surface area (Å²) < 4.78 is 0.896. The Bertz CT molecular complexity index is 235. The summed E-state index contributed by atoms with van der Waals surface area (Å²) in [4.78, 5) is 0. The van der Waals surface area contributed by atoms with Crippen LogP contribution in [0.3, 0.4) is 0 Å². The fourth-order valence-electron chi connectivity index (χ4n) is 0.623. The summed E-state index contributed by atoms with van der Waals surface area (Å²) in [7, 11) is 0. The largest absolute Gasteiger partial charge is 0.122 e. The maximum Gasteiger partial charge on any atom is 0.0548 e. The first kappa shape index (κ1) is 8.38. The summed E-state index contributed by atoms with van der Waals surface area (Å²) in [6.07, 6.45) is 0. The van der Waals surface area contributed by atoms with E-state index in [0.29, 0.717) is 10.9 Å². The summed E-state index contributed by atoms with van der Waals surface area (Å²) in [6.45, 7) is 0. The summed E-state index contributed by atoms with van der Waals surface area (Å²) in [6, 6.07) is 5.64. The Labute approximate surface area is 78.3 Å². The van der Waals surface area contributed by atoms with Gasteiger partial charge in [0.1, 0.15) is 0 Å². The minimum atomic E-state index is 0.524. The molecule has 10 heavy (non-hydrogen) atoms. The molecule has 0 atom stereocenters. The van der Waals surface area contributed by atoms with Crippen LogP contribution in [0.2, 0.25) is 5.02 Å². The topological polar surface area (TPSA) is 0 Å². The number of alkyl halides is 1. The molecule has 0 heterocycles. The molecule has 0 unspecified atom stereocenters. The van der Waals surface area contributed by atoms with E-state index in [2.05, 4.69) is 15.9 Å². The smallest absolute Gasteiger partial charge is 0.0548 e. The van der Waals surface area contributed by atoms with Gasteiger partial charge in [0.15, 0.2) is 0 Å². The SMILES string of the molecule is ClCc1ccc(Cl)c(Br)c1. The van der Waals surface area contributed by atoms with Crippen molar-refractivity contribution in [1.29, 1.82) is 0 Å². The number of benzene rings is 1. The second-order valence-electron chi connectivity index (χ2n) is 1.88. The predicted molar refractivity (Wildman–Crippen MR) is 48.7 cm³/mol. The molecular weight excluding hydrogens is 235 g/mol. The molecule has 3 heteroatoms. The van der Waals surface area contributed by atoms with Gasteiger partial charge in [-0.25, -0.2) is 0 Å². The van der Waals surface area contributed by atoms with Gasteiger partial charge < -0.3 is 0 Å². The monoisotopic (exact) mass is 238 g/mol. The van der Waals surface area contributed by atoms with Crippen molar-refractivity contribution in [2.24, 2.45) is 0 Å². The van der Waals surface area contributed by atoms with Crippen LogP contribution in [0.4, 0.5) is 0 Å². The summed E-state index contributed by atoms with van der Waals surface area (Å²) >= 11 is 14.6. The van der Waals surface area contributed by atoms with Gasteiger partial charge in [0.25, 0.3) is 0 Å². The van der Waals surface area contributed by atoms with Gasteiger partial charge in [-0.2, -0.15) is 0 Å². The summed E-state index contributed by atoms with van der Waals surface area (Å²) in [5.74, 6) is 0.524. The minimum absolute atomic E-state index is 0.524. The van der Waals surface area contributed by atoms with Crippen molar-refractivity contribution in [3.05, 3.63) is 33.3 Å². The molecule has 0 aliphatic heterocycles. The Hall–Kier alpha value is 0.280. The zero-order valence-corrected chi connectivity index (χ0v) is 8.17. The van der Waals surface area contributed by atoms with Gasteiger partial charge in [0.2, 0.25) is 0 Å². The first-order valence-electron chi connectivity index (χ1n) is 2.74. The lowest BCUT2D eigenvalue weighted by molar-refractivity contribution is 1.39. The molecule has 1 rings (SSSR count). The van der Waals surface area contributed by atoms with E-state index in [1.54, 1.807) is 0 Å². The highest BCUT2D eigenvalue weighted by Crippen LogP contribution is 2.23. The zero-order valence-electron chi connectivity index (χ0n) is 5.07. The highest BCUT2D eigenvalue weighted by atomic mass is 79.9. The molecule has 0 amide bonds. The van der Waals surface area contributed by atoms with Crippen LogP contribution < -0.4 is 0 Å². The first-order chi connectivity index (χ1) is 4.74. The van der Waals surface area contributed by atoms with Crippen molar-refractivity contribution in [2.75, 3.05) is 0 Å². The molecule has 0 aliphatic rings. The van der Waals surface area contributed by atoms with Crippen LogP contribution >= 0.6 is 39.1 Å². The standard InChI is InChI=1S/C7H5BrCl2/c8-6-3-5(4-9)1-2-7(6)10/h1-3H,4H2. The lowest BCUT2D eigenvalue weighted by atomic mass is 10.2. The average Bonchev–Trinajstić information content (AvgIpc) is 1.95. The lowest BCUT2D eigenvalue weighted by Gasteiger charge is -1.97. The van der Waals surface area contributed by atoms with Crippen LogP contribution in [0, 0.1) is 0 Å². The maximum absolute atomic E-state index is 5.75.